The number of rotatable bonds is 3. The van der Waals surface area contributed by atoms with Crippen molar-refractivity contribution in [3.63, 3.8) is 0 Å². The Labute approximate surface area is 57.6 Å². The second-order valence-electron chi connectivity index (χ2n) is 3.71. The van der Waals surface area contributed by atoms with Crippen LogP contribution in [0.1, 0.15) is 39.0 Å². The molecule has 0 aromatic carbocycles. The van der Waals surface area contributed by atoms with Crippen molar-refractivity contribution in [2.24, 2.45) is 17.8 Å². The minimum atomic E-state index is 1.20. The molecule has 9 heavy (non-hydrogen) atoms. The fourth-order valence-corrected chi connectivity index (χ4v) is 2.37. The molecule has 2 saturated carbocycles. The Bertz CT molecular complexity index is 96.6. The fourth-order valence-electron chi connectivity index (χ4n) is 2.37. The van der Waals surface area contributed by atoms with Crippen LogP contribution in [-0.2, 0) is 0 Å². The maximum Gasteiger partial charge on any atom is -0.0352 e. The van der Waals surface area contributed by atoms with Gasteiger partial charge in [-0.15, -0.1) is 0 Å². The highest BCUT2D eigenvalue weighted by atomic mass is 14.6. The first-order valence-electron chi connectivity index (χ1n) is 4.43. The lowest BCUT2D eigenvalue weighted by Gasteiger charge is -2.04. The monoisotopic (exact) mass is 124 g/mol. The fraction of sp³-hybridized carbons (Fsp3) is 1.00. The summed E-state index contributed by atoms with van der Waals surface area (Å²) in [5.41, 5.74) is 0. The van der Waals surface area contributed by atoms with Crippen molar-refractivity contribution < 1.29 is 0 Å². The molecule has 0 N–H and O–H groups in total. The number of hydrogen-bond donors (Lipinski definition) is 0. The van der Waals surface area contributed by atoms with Crippen molar-refractivity contribution in [3.8, 4) is 0 Å². The van der Waals surface area contributed by atoms with Gasteiger partial charge in [0.25, 0.3) is 0 Å². The van der Waals surface area contributed by atoms with Crippen molar-refractivity contribution >= 4 is 0 Å². The maximum atomic E-state index is 2.30. The van der Waals surface area contributed by atoms with E-state index in [9.17, 15) is 0 Å². The van der Waals surface area contributed by atoms with Crippen LogP contribution in [0.2, 0.25) is 0 Å². The molecule has 0 saturated heterocycles. The van der Waals surface area contributed by atoms with Gasteiger partial charge < -0.3 is 0 Å². The first-order valence-corrected chi connectivity index (χ1v) is 4.43. The molecular formula is C9H16. The zero-order valence-electron chi connectivity index (χ0n) is 6.27. The van der Waals surface area contributed by atoms with E-state index in [1.54, 1.807) is 19.3 Å². The molecule has 52 valence electrons. The predicted octanol–water partition coefficient (Wildman–Crippen LogP) is 2.83. The largest absolute Gasteiger partial charge is 0.0654 e. The highest BCUT2D eigenvalue weighted by molar-refractivity contribution is 5.04. The lowest BCUT2D eigenvalue weighted by molar-refractivity contribution is 0.468. The molecule has 2 atom stereocenters. The van der Waals surface area contributed by atoms with Crippen LogP contribution in [-0.4, -0.2) is 0 Å². The van der Waals surface area contributed by atoms with Crippen LogP contribution in [0, 0.1) is 17.8 Å². The lowest BCUT2D eigenvalue weighted by Crippen LogP contribution is -1.93. The van der Waals surface area contributed by atoms with Crippen molar-refractivity contribution in [3.05, 3.63) is 0 Å². The average molecular weight is 124 g/mol. The van der Waals surface area contributed by atoms with E-state index in [4.69, 9.17) is 0 Å². The van der Waals surface area contributed by atoms with E-state index in [0.29, 0.717) is 0 Å². The summed E-state index contributed by atoms with van der Waals surface area (Å²) in [6, 6.07) is 0. The van der Waals surface area contributed by atoms with Crippen LogP contribution in [0.4, 0.5) is 0 Å². The standard InChI is InChI=1S/C9H16/c1-2-3-4-7-8-5-6-9(7)8/h7-9H,2-6H2,1H3. The van der Waals surface area contributed by atoms with Gasteiger partial charge in [-0.25, -0.2) is 0 Å². The molecule has 0 heterocycles. The molecule has 2 rings (SSSR count). The van der Waals surface area contributed by atoms with Gasteiger partial charge in [0.15, 0.2) is 0 Å². The van der Waals surface area contributed by atoms with Crippen LogP contribution in [0.3, 0.4) is 0 Å². The molecule has 2 aliphatic rings. The topological polar surface area (TPSA) is 0 Å². The highest BCUT2D eigenvalue weighted by Crippen LogP contribution is 2.62. The number of unbranched alkanes of at least 4 members (excludes halogenated alkanes) is 1. The zero-order chi connectivity index (χ0) is 6.27. The Morgan fingerprint density at radius 1 is 1.22 bits per heavy atom. The summed E-state index contributed by atoms with van der Waals surface area (Å²) in [6.45, 7) is 2.30. The van der Waals surface area contributed by atoms with Gasteiger partial charge >= 0.3 is 0 Å². The summed E-state index contributed by atoms with van der Waals surface area (Å²) >= 11 is 0. The third kappa shape index (κ3) is 0.798. The minimum Gasteiger partial charge on any atom is -0.0654 e. The molecule has 0 amide bonds. The molecule has 0 heteroatoms. The molecule has 2 fully saturated rings. The summed E-state index contributed by atoms with van der Waals surface area (Å²) in [5, 5.41) is 0. The molecule has 0 bridgehead atoms. The quantitative estimate of drug-likeness (QED) is 0.542. The minimum absolute atomic E-state index is 1.20. The van der Waals surface area contributed by atoms with Crippen molar-refractivity contribution in [2.75, 3.05) is 0 Å². The van der Waals surface area contributed by atoms with Gasteiger partial charge in [-0.05, 0) is 37.0 Å². The van der Waals surface area contributed by atoms with Gasteiger partial charge in [0.1, 0.15) is 0 Å². The normalized spacial score (nSPS) is 45.7. The molecule has 0 radical (unpaired) electrons. The summed E-state index contributed by atoms with van der Waals surface area (Å²) < 4.78 is 0. The Hall–Kier alpha value is 0. The SMILES string of the molecule is CCCCC1C2CCC12. The summed E-state index contributed by atoms with van der Waals surface area (Å²) in [5.74, 6) is 3.64. The Morgan fingerprint density at radius 2 is 1.89 bits per heavy atom. The van der Waals surface area contributed by atoms with Gasteiger partial charge in [0.2, 0.25) is 0 Å². The van der Waals surface area contributed by atoms with Crippen LogP contribution >= 0.6 is 0 Å². The molecule has 0 aliphatic heterocycles. The second-order valence-corrected chi connectivity index (χ2v) is 3.71. The van der Waals surface area contributed by atoms with E-state index in [0.717, 1.165) is 0 Å². The molecular weight excluding hydrogens is 108 g/mol. The molecule has 0 nitrogen and oxygen atoms in total. The van der Waals surface area contributed by atoms with Gasteiger partial charge in [-0.2, -0.15) is 0 Å². The second kappa shape index (κ2) is 2.00. The van der Waals surface area contributed by atoms with E-state index in [1.165, 1.54) is 30.6 Å². The van der Waals surface area contributed by atoms with E-state index < -0.39 is 0 Å². The summed E-state index contributed by atoms with van der Waals surface area (Å²) in [6.07, 6.45) is 7.57. The first-order chi connectivity index (χ1) is 4.43. The highest BCUT2D eigenvalue weighted by Gasteiger charge is 2.54. The van der Waals surface area contributed by atoms with E-state index in [-0.39, 0.29) is 0 Å². The Balaban J connectivity index is 1.66. The average Bonchev–Trinajstić information content (AvgIpc) is 2.27. The number of hydrogen-bond acceptors (Lipinski definition) is 0. The summed E-state index contributed by atoms with van der Waals surface area (Å²) in [7, 11) is 0. The first kappa shape index (κ1) is 5.76. The van der Waals surface area contributed by atoms with E-state index >= 15 is 0 Å². The van der Waals surface area contributed by atoms with Crippen molar-refractivity contribution in [2.45, 2.75) is 39.0 Å². The van der Waals surface area contributed by atoms with Gasteiger partial charge in [-0.3, -0.25) is 0 Å². The van der Waals surface area contributed by atoms with Gasteiger partial charge in [0.05, 0.1) is 0 Å². The third-order valence-corrected chi connectivity index (χ3v) is 3.23. The van der Waals surface area contributed by atoms with Crippen LogP contribution in [0.15, 0.2) is 0 Å². The third-order valence-electron chi connectivity index (χ3n) is 3.23. The van der Waals surface area contributed by atoms with E-state index in [2.05, 4.69) is 6.92 Å². The molecule has 0 spiro atoms. The zero-order valence-corrected chi connectivity index (χ0v) is 6.27. The molecule has 2 unspecified atom stereocenters. The summed E-state index contributed by atoms with van der Waals surface area (Å²) in [4.78, 5) is 0. The molecule has 0 aromatic rings. The van der Waals surface area contributed by atoms with Crippen molar-refractivity contribution in [1.29, 1.82) is 0 Å². The maximum absolute atomic E-state index is 2.30. The molecule has 0 aromatic heterocycles. The van der Waals surface area contributed by atoms with Gasteiger partial charge in [-0.1, -0.05) is 19.8 Å². The van der Waals surface area contributed by atoms with Crippen LogP contribution in [0.25, 0.3) is 0 Å². The van der Waals surface area contributed by atoms with Crippen LogP contribution in [0.5, 0.6) is 0 Å². The van der Waals surface area contributed by atoms with Crippen molar-refractivity contribution in [1.82, 2.24) is 0 Å². The molecule has 2 aliphatic carbocycles. The predicted molar refractivity (Wildman–Crippen MR) is 39.2 cm³/mol. The Morgan fingerprint density at radius 3 is 2.33 bits per heavy atom. The van der Waals surface area contributed by atoms with E-state index in [1.807, 2.05) is 0 Å². The Kier molecular flexibility index (Phi) is 1.28. The van der Waals surface area contributed by atoms with Crippen LogP contribution < -0.4 is 0 Å². The number of fused-ring (bicyclic) bond motifs is 1. The lowest BCUT2D eigenvalue weighted by atomic mass is 10.0. The smallest absolute Gasteiger partial charge is 0.0352 e. The van der Waals surface area contributed by atoms with Gasteiger partial charge in [0, 0.05) is 0 Å².